The number of fused-ring (bicyclic) bond motifs is 3. The summed E-state index contributed by atoms with van der Waals surface area (Å²) in [6.07, 6.45) is 3.62. The van der Waals surface area contributed by atoms with Crippen LogP contribution in [-0.2, 0) is 24.1 Å². The van der Waals surface area contributed by atoms with Crippen LogP contribution < -0.4 is 5.56 Å². The Morgan fingerprint density at radius 1 is 1.31 bits per heavy atom. The third-order valence-corrected chi connectivity index (χ3v) is 6.38. The molecular formula is C22H35N3O3S. The predicted molar refractivity (Wildman–Crippen MR) is 119 cm³/mol. The van der Waals surface area contributed by atoms with Crippen molar-refractivity contribution in [2.45, 2.75) is 78.6 Å². The van der Waals surface area contributed by atoms with E-state index in [4.69, 9.17) is 9.72 Å². The number of H-pyrrole nitrogens is 1. The summed E-state index contributed by atoms with van der Waals surface area (Å²) < 4.78 is 5.73. The van der Waals surface area contributed by atoms with Gasteiger partial charge < -0.3 is 14.8 Å². The Kier molecular flexibility index (Phi) is 7.14. The first-order chi connectivity index (χ1) is 13.6. The average molecular weight is 422 g/mol. The van der Waals surface area contributed by atoms with E-state index in [0.717, 1.165) is 42.4 Å². The van der Waals surface area contributed by atoms with Crippen LogP contribution >= 0.6 is 11.3 Å². The Morgan fingerprint density at radius 2 is 2.07 bits per heavy atom. The van der Waals surface area contributed by atoms with Crippen LogP contribution in [0.4, 0.5) is 0 Å². The lowest BCUT2D eigenvalue weighted by atomic mass is 10.1. The molecule has 1 atom stereocenters. The molecule has 0 fully saturated rings. The maximum Gasteiger partial charge on any atom is 0.259 e. The van der Waals surface area contributed by atoms with Gasteiger partial charge in [0.25, 0.3) is 5.56 Å². The molecule has 1 unspecified atom stereocenters. The first kappa shape index (κ1) is 22.4. The minimum absolute atomic E-state index is 0.0233. The van der Waals surface area contributed by atoms with Crippen molar-refractivity contribution in [3.63, 3.8) is 0 Å². The van der Waals surface area contributed by atoms with Crippen molar-refractivity contribution >= 4 is 21.6 Å². The highest BCUT2D eigenvalue weighted by Gasteiger charge is 2.22. The van der Waals surface area contributed by atoms with E-state index in [1.807, 2.05) is 20.8 Å². The molecule has 2 heterocycles. The number of aliphatic hydroxyl groups excluding tert-OH is 1. The largest absolute Gasteiger partial charge is 0.389 e. The lowest BCUT2D eigenvalue weighted by Crippen LogP contribution is -2.38. The average Bonchev–Trinajstić information content (AvgIpc) is 3.17. The highest BCUT2D eigenvalue weighted by atomic mass is 32.1. The third kappa shape index (κ3) is 6.10. The van der Waals surface area contributed by atoms with E-state index in [1.165, 1.54) is 10.4 Å². The second kappa shape index (κ2) is 9.25. The smallest absolute Gasteiger partial charge is 0.259 e. The molecule has 0 spiro atoms. The molecule has 6 nitrogen and oxygen atoms in total. The molecule has 29 heavy (non-hydrogen) atoms. The summed E-state index contributed by atoms with van der Waals surface area (Å²) in [6.45, 7) is 12.5. The van der Waals surface area contributed by atoms with Crippen LogP contribution in [0.5, 0.6) is 0 Å². The molecule has 162 valence electrons. The van der Waals surface area contributed by atoms with E-state index in [9.17, 15) is 9.90 Å². The molecule has 1 aliphatic carbocycles. The summed E-state index contributed by atoms with van der Waals surface area (Å²) in [5.74, 6) is 1.24. The number of hydrogen-bond donors (Lipinski definition) is 2. The second-order valence-corrected chi connectivity index (χ2v) is 10.6. The molecule has 3 rings (SSSR count). The first-order valence-corrected chi connectivity index (χ1v) is 11.5. The number of aryl methyl sites for hydroxylation is 2. The second-order valence-electron chi connectivity index (χ2n) is 9.54. The van der Waals surface area contributed by atoms with Gasteiger partial charge in [0, 0.05) is 11.4 Å². The molecule has 7 heteroatoms. The van der Waals surface area contributed by atoms with Crippen LogP contribution in [0.15, 0.2) is 4.79 Å². The lowest BCUT2D eigenvalue weighted by molar-refractivity contribution is -0.0570. The van der Waals surface area contributed by atoms with Gasteiger partial charge in [-0.2, -0.15) is 0 Å². The van der Waals surface area contributed by atoms with Crippen LogP contribution in [0.2, 0.25) is 0 Å². The first-order valence-electron chi connectivity index (χ1n) is 10.7. The van der Waals surface area contributed by atoms with Crippen molar-refractivity contribution in [1.82, 2.24) is 14.9 Å². The number of rotatable bonds is 9. The summed E-state index contributed by atoms with van der Waals surface area (Å²) in [5, 5.41) is 11.3. The van der Waals surface area contributed by atoms with Gasteiger partial charge in [-0.25, -0.2) is 4.98 Å². The number of thiophene rings is 1. The Bertz CT molecular complexity index is 882. The molecule has 0 saturated heterocycles. The summed E-state index contributed by atoms with van der Waals surface area (Å²) >= 11 is 1.67. The Labute approximate surface area is 177 Å². The highest BCUT2D eigenvalue weighted by Crippen LogP contribution is 2.34. The number of nitrogens with zero attached hydrogens (tertiary/aromatic N) is 2. The van der Waals surface area contributed by atoms with Gasteiger partial charge in [0.2, 0.25) is 0 Å². The van der Waals surface area contributed by atoms with Crippen LogP contribution in [0, 0.1) is 5.92 Å². The molecule has 2 N–H and O–H groups in total. The van der Waals surface area contributed by atoms with E-state index < -0.39 is 6.10 Å². The van der Waals surface area contributed by atoms with Crippen molar-refractivity contribution in [1.29, 1.82) is 0 Å². The zero-order chi connectivity index (χ0) is 21.2. The zero-order valence-corrected chi connectivity index (χ0v) is 19.2. The van der Waals surface area contributed by atoms with Crippen molar-refractivity contribution in [3.05, 3.63) is 26.6 Å². The van der Waals surface area contributed by atoms with Gasteiger partial charge in [0.15, 0.2) is 0 Å². The van der Waals surface area contributed by atoms with Crippen molar-refractivity contribution < 1.29 is 9.84 Å². The van der Waals surface area contributed by atoms with E-state index in [2.05, 4.69) is 23.7 Å². The molecule has 0 aromatic carbocycles. The Morgan fingerprint density at radius 3 is 2.76 bits per heavy atom. The van der Waals surface area contributed by atoms with Crippen LogP contribution in [0.1, 0.15) is 63.7 Å². The molecule has 1 aliphatic rings. The zero-order valence-electron chi connectivity index (χ0n) is 18.4. The highest BCUT2D eigenvalue weighted by molar-refractivity contribution is 7.18. The molecule has 2 aromatic rings. The van der Waals surface area contributed by atoms with Crippen molar-refractivity contribution in [2.75, 3.05) is 19.7 Å². The Balaban J connectivity index is 1.73. The Hall–Kier alpha value is -1.28. The van der Waals surface area contributed by atoms with Crippen molar-refractivity contribution in [3.8, 4) is 0 Å². The normalized spacial score (nSPS) is 15.6. The monoisotopic (exact) mass is 421 g/mol. The maximum absolute atomic E-state index is 12.7. The van der Waals surface area contributed by atoms with Gasteiger partial charge in [-0.15, -0.1) is 11.3 Å². The molecule has 0 saturated carbocycles. The summed E-state index contributed by atoms with van der Waals surface area (Å²) in [6, 6.07) is 0. The van der Waals surface area contributed by atoms with Crippen molar-refractivity contribution in [2.24, 2.45) is 5.92 Å². The molecular weight excluding hydrogens is 386 g/mol. The number of aromatic nitrogens is 2. The maximum atomic E-state index is 12.7. The van der Waals surface area contributed by atoms with Crippen LogP contribution in [0.25, 0.3) is 10.2 Å². The van der Waals surface area contributed by atoms with E-state index in [1.54, 1.807) is 11.3 Å². The number of ether oxygens (including phenoxy) is 1. The molecule has 0 radical (unpaired) electrons. The number of aromatic amines is 1. The summed E-state index contributed by atoms with van der Waals surface area (Å²) in [7, 11) is 0. The topological polar surface area (TPSA) is 78.5 Å². The minimum atomic E-state index is -0.581. The summed E-state index contributed by atoms with van der Waals surface area (Å²) in [5.41, 5.74) is 0.905. The van der Waals surface area contributed by atoms with Gasteiger partial charge in [-0.1, -0.05) is 13.8 Å². The van der Waals surface area contributed by atoms with E-state index >= 15 is 0 Å². The molecule has 0 amide bonds. The third-order valence-electron chi connectivity index (χ3n) is 5.20. The molecule has 0 aliphatic heterocycles. The fourth-order valence-corrected chi connectivity index (χ4v) is 4.99. The molecule has 2 aromatic heterocycles. The van der Waals surface area contributed by atoms with Gasteiger partial charge in [0.05, 0.1) is 30.2 Å². The molecule has 0 bridgehead atoms. The lowest BCUT2D eigenvalue weighted by Gasteiger charge is -2.27. The number of aliphatic hydroxyl groups is 1. The number of hydrogen-bond acceptors (Lipinski definition) is 6. The van der Waals surface area contributed by atoms with Gasteiger partial charge >= 0.3 is 0 Å². The SMILES string of the molecule is CC(C)CCN(Cc1nc2sc3c(c2c(=O)[nH]1)CCC3)CC(O)COC(C)(C)C. The van der Waals surface area contributed by atoms with E-state index in [-0.39, 0.29) is 11.2 Å². The van der Waals surface area contributed by atoms with Gasteiger partial charge in [-0.3, -0.25) is 9.69 Å². The fourth-order valence-electron chi connectivity index (χ4n) is 3.71. The van der Waals surface area contributed by atoms with Crippen LogP contribution in [-0.4, -0.2) is 51.4 Å². The standard InChI is InChI=1S/C22H35N3O3S/c1-14(2)9-10-25(11-15(26)13-28-22(3,4)5)12-18-23-20(27)19-16-7-6-8-17(16)29-21(19)24-18/h14-15,26H,6-13H2,1-5H3,(H,23,24,27). The van der Waals surface area contributed by atoms with E-state index in [0.29, 0.717) is 31.4 Å². The fraction of sp³-hybridized carbons (Fsp3) is 0.727. The minimum Gasteiger partial charge on any atom is -0.389 e. The quantitative estimate of drug-likeness (QED) is 0.648. The van der Waals surface area contributed by atoms with Gasteiger partial charge in [0.1, 0.15) is 10.7 Å². The van der Waals surface area contributed by atoms with Crippen LogP contribution in [0.3, 0.4) is 0 Å². The van der Waals surface area contributed by atoms with Gasteiger partial charge in [-0.05, 0) is 64.5 Å². The summed E-state index contributed by atoms with van der Waals surface area (Å²) in [4.78, 5) is 24.8. The predicted octanol–water partition coefficient (Wildman–Crippen LogP) is 3.50. The number of nitrogens with one attached hydrogen (secondary N) is 1.